The topological polar surface area (TPSA) is 91.0 Å². The normalized spacial score (nSPS) is 14.7. The molecule has 1 aliphatic heterocycles. The van der Waals surface area contributed by atoms with Crippen molar-refractivity contribution >= 4 is 28.9 Å². The summed E-state index contributed by atoms with van der Waals surface area (Å²) >= 11 is 0. The molecule has 0 amide bonds. The van der Waals surface area contributed by atoms with Gasteiger partial charge in [-0.2, -0.15) is 0 Å². The van der Waals surface area contributed by atoms with Gasteiger partial charge in [-0.1, -0.05) is 42.0 Å². The number of benzene rings is 2. The number of ether oxygens (including phenoxy) is 1. The monoisotopic (exact) mass is 401 g/mol. The third kappa shape index (κ3) is 2.68. The van der Waals surface area contributed by atoms with Gasteiger partial charge in [0.1, 0.15) is 11.7 Å². The van der Waals surface area contributed by atoms with Crippen LogP contribution in [0.5, 0.6) is 0 Å². The van der Waals surface area contributed by atoms with E-state index in [0.29, 0.717) is 11.9 Å². The van der Waals surface area contributed by atoms with Crippen molar-refractivity contribution in [3.63, 3.8) is 0 Å². The first-order valence-electron chi connectivity index (χ1n) is 9.67. The van der Waals surface area contributed by atoms with Crippen LogP contribution in [0, 0.1) is 6.92 Å². The number of hydrogen-bond acceptors (Lipinski definition) is 6. The number of imidazole rings is 1. The van der Waals surface area contributed by atoms with Crippen molar-refractivity contribution in [2.75, 3.05) is 11.9 Å². The predicted octanol–water partition coefficient (Wildman–Crippen LogP) is 3.23. The van der Waals surface area contributed by atoms with Gasteiger partial charge in [0.15, 0.2) is 0 Å². The fourth-order valence-electron chi connectivity index (χ4n) is 3.77. The minimum Gasteiger partial charge on any atom is -0.462 e. The van der Waals surface area contributed by atoms with Gasteiger partial charge in [0.05, 0.1) is 23.8 Å². The standard InChI is InChI=1S/C22H19N5O3/c1-3-30-20(29)15-12-23-21-25-22-24-16-6-4-5-7-17(16)26(22)18(27(21)19(15)28)14-10-8-13(2)9-11-14/h4-12,18H,3H2,1-2H3,(H,23,24,25). The fourth-order valence-corrected chi connectivity index (χ4v) is 3.77. The second-order valence-corrected chi connectivity index (χ2v) is 7.09. The number of nitrogens with zero attached hydrogens (tertiary/aromatic N) is 4. The molecule has 5 rings (SSSR count). The molecule has 2 aromatic carbocycles. The summed E-state index contributed by atoms with van der Waals surface area (Å²) in [6, 6.07) is 15.6. The third-order valence-corrected chi connectivity index (χ3v) is 5.17. The minimum absolute atomic E-state index is 0.104. The van der Waals surface area contributed by atoms with Crippen molar-refractivity contribution in [1.82, 2.24) is 19.1 Å². The summed E-state index contributed by atoms with van der Waals surface area (Å²) in [4.78, 5) is 34.7. The van der Waals surface area contributed by atoms with E-state index in [9.17, 15) is 9.59 Å². The number of rotatable bonds is 3. The lowest BCUT2D eigenvalue weighted by molar-refractivity contribution is 0.0522. The highest BCUT2D eigenvalue weighted by atomic mass is 16.5. The molecule has 8 heteroatoms. The van der Waals surface area contributed by atoms with Gasteiger partial charge in [-0.3, -0.25) is 19.2 Å². The van der Waals surface area contributed by atoms with Crippen LogP contribution < -0.4 is 10.9 Å². The molecule has 0 fully saturated rings. The average Bonchev–Trinajstić information content (AvgIpc) is 3.11. The molecule has 0 spiro atoms. The van der Waals surface area contributed by atoms with E-state index in [-0.39, 0.29) is 12.2 Å². The molecule has 1 N–H and O–H groups in total. The Balaban J connectivity index is 1.81. The third-order valence-electron chi connectivity index (χ3n) is 5.17. The molecule has 150 valence electrons. The Morgan fingerprint density at radius 3 is 2.63 bits per heavy atom. The summed E-state index contributed by atoms with van der Waals surface area (Å²) in [6.45, 7) is 3.88. The molecule has 0 bridgehead atoms. The summed E-state index contributed by atoms with van der Waals surface area (Å²) in [5, 5.41) is 3.13. The number of anilines is 2. The highest BCUT2D eigenvalue weighted by Crippen LogP contribution is 2.35. The van der Waals surface area contributed by atoms with Gasteiger partial charge in [0.25, 0.3) is 5.56 Å². The second-order valence-electron chi connectivity index (χ2n) is 7.09. The lowest BCUT2D eigenvalue weighted by atomic mass is 10.1. The zero-order valence-electron chi connectivity index (χ0n) is 16.5. The Hall–Kier alpha value is -3.94. The van der Waals surface area contributed by atoms with Gasteiger partial charge in [-0.15, -0.1) is 0 Å². The Kier molecular flexibility index (Phi) is 4.13. The molecule has 1 aliphatic rings. The number of esters is 1. The lowest BCUT2D eigenvalue weighted by Gasteiger charge is -2.30. The van der Waals surface area contributed by atoms with E-state index in [1.54, 1.807) is 6.92 Å². The lowest BCUT2D eigenvalue weighted by Crippen LogP contribution is -2.39. The number of aryl methyl sites for hydroxylation is 1. The number of carbonyl (C=O) groups excluding carboxylic acids is 1. The van der Waals surface area contributed by atoms with Gasteiger partial charge >= 0.3 is 5.97 Å². The van der Waals surface area contributed by atoms with Gasteiger partial charge in [0, 0.05) is 0 Å². The van der Waals surface area contributed by atoms with Crippen LogP contribution in [0.2, 0.25) is 0 Å². The summed E-state index contributed by atoms with van der Waals surface area (Å²) in [7, 11) is 0. The van der Waals surface area contributed by atoms with Gasteiger partial charge in [-0.25, -0.2) is 14.8 Å². The Labute approximate surface area is 171 Å². The van der Waals surface area contributed by atoms with E-state index in [2.05, 4.69) is 15.3 Å². The molecule has 0 saturated heterocycles. The molecule has 4 aromatic rings. The van der Waals surface area contributed by atoms with E-state index in [1.807, 2.05) is 60.0 Å². The van der Waals surface area contributed by atoms with Crippen molar-refractivity contribution in [2.45, 2.75) is 20.0 Å². The molecule has 0 radical (unpaired) electrons. The van der Waals surface area contributed by atoms with Crippen molar-refractivity contribution in [1.29, 1.82) is 0 Å². The molecular formula is C22H19N5O3. The van der Waals surface area contributed by atoms with Crippen LogP contribution in [0.25, 0.3) is 11.0 Å². The highest BCUT2D eigenvalue weighted by Gasteiger charge is 2.32. The van der Waals surface area contributed by atoms with Crippen LogP contribution in [0.4, 0.5) is 11.9 Å². The van der Waals surface area contributed by atoms with E-state index in [0.717, 1.165) is 22.2 Å². The van der Waals surface area contributed by atoms with Gasteiger partial charge < -0.3 is 4.74 Å². The number of hydrogen-bond donors (Lipinski definition) is 1. The summed E-state index contributed by atoms with van der Waals surface area (Å²) in [5.41, 5.74) is 3.06. The summed E-state index contributed by atoms with van der Waals surface area (Å²) in [6.07, 6.45) is 0.697. The first-order valence-corrected chi connectivity index (χ1v) is 9.67. The number of fused-ring (bicyclic) bond motifs is 4. The number of para-hydroxylation sites is 2. The Bertz CT molecular complexity index is 1340. The molecule has 8 nitrogen and oxygen atoms in total. The first-order chi connectivity index (χ1) is 14.6. The first kappa shape index (κ1) is 18.1. The van der Waals surface area contributed by atoms with Crippen LogP contribution >= 0.6 is 0 Å². The number of nitrogens with one attached hydrogen (secondary N) is 1. The second kappa shape index (κ2) is 6.84. The van der Waals surface area contributed by atoms with E-state index in [1.165, 1.54) is 10.8 Å². The SMILES string of the molecule is CCOC(=O)c1cnc2n(c1=O)C(c1ccc(C)cc1)n1c(nc3ccccc31)N2. The molecule has 0 aliphatic carbocycles. The Morgan fingerprint density at radius 2 is 1.87 bits per heavy atom. The van der Waals surface area contributed by atoms with Crippen LogP contribution in [0.1, 0.15) is 34.6 Å². The smallest absolute Gasteiger partial charge is 0.345 e. The van der Waals surface area contributed by atoms with Crippen LogP contribution in [-0.2, 0) is 4.74 Å². The Morgan fingerprint density at radius 1 is 1.10 bits per heavy atom. The van der Waals surface area contributed by atoms with Gasteiger partial charge in [-0.05, 0) is 31.5 Å². The minimum atomic E-state index is -0.686. The van der Waals surface area contributed by atoms with Crippen molar-refractivity contribution < 1.29 is 9.53 Å². The molecule has 30 heavy (non-hydrogen) atoms. The quantitative estimate of drug-likeness (QED) is 0.467. The van der Waals surface area contributed by atoms with Crippen LogP contribution in [0.15, 0.2) is 59.5 Å². The molecule has 3 heterocycles. The van der Waals surface area contributed by atoms with Crippen LogP contribution in [-0.4, -0.2) is 31.7 Å². The average molecular weight is 401 g/mol. The molecule has 1 atom stereocenters. The largest absolute Gasteiger partial charge is 0.462 e. The zero-order chi connectivity index (χ0) is 20.8. The summed E-state index contributed by atoms with van der Waals surface area (Å²) in [5.74, 6) is 0.216. The summed E-state index contributed by atoms with van der Waals surface area (Å²) < 4.78 is 8.48. The number of aromatic nitrogens is 4. The number of carbonyl (C=O) groups is 1. The fraction of sp³-hybridized carbons (Fsp3) is 0.182. The molecule has 0 saturated carbocycles. The predicted molar refractivity (Wildman–Crippen MR) is 112 cm³/mol. The molecule has 2 aromatic heterocycles. The maximum absolute atomic E-state index is 13.4. The van der Waals surface area contributed by atoms with E-state index < -0.39 is 17.7 Å². The zero-order valence-corrected chi connectivity index (χ0v) is 16.5. The maximum Gasteiger partial charge on any atom is 0.345 e. The van der Waals surface area contributed by atoms with Gasteiger partial charge in [0.2, 0.25) is 11.9 Å². The van der Waals surface area contributed by atoms with E-state index >= 15 is 0 Å². The van der Waals surface area contributed by atoms with Crippen molar-refractivity contribution in [3.8, 4) is 0 Å². The molecule has 1 unspecified atom stereocenters. The highest BCUT2D eigenvalue weighted by molar-refractivity contribution is 5.89. The maximum atomic E-state index is 13.4. The molecular weight excluding hydrogens is 382 g/mol. The van der Waals surface area contributed by atoms with Crippen molar-refractivity contribution in [3.05, 3.63) is 81.8 Å². The van der Waals surface area contributed by atoms with Crippen molar-refractivity contribution in [2.24, 2.45) is 0 Å². The van der Waals surface area contributed by atoms with E-state index in [4.69, 9.17) is 4.74 Å². The van der Waals surface area contributed by atoms with Crippen LogP contribution in [0.3, 0.4) is 0 Å².